The van der Waals surface area contributed by atoms with E-state index in [0.29, 0.717) is 0 Å². The van der Waals surface area contributed by atoms with Crippen molar-refractivity contribution in [1.29, 1.82) is 0 Å². The molecule has 2 aliphatic rings. The minimum Gasteiger partial charge on any atom is -0.354 e. The van der Waals surface area contributed by atoms with Gasteiger partial charge >= 0.3 is 0 Å². The molecule has 0 unspecified atom stereocenters. The van der Waals surface area contributed by atoms with Crippen LogP contribution in [0.15, 0.2) is 72.2 Å². The smallest absolute Gasteiger partial charge is 0.185 e. The highest BCUT2D eigenvalue weighted by Crippen LogP contribution is 2.15. The minimum atomic E-state index is 0.0718. The summed E-state index contributed by atoms with van der Waals surface area (Å²) in [6.07, 6.45) is 39.2. The number of unbranched alkanes of at least 4 members (excludes halogenated alkanes) is 13. The monoisotopic (exact) mass is 421 g/mol. The number of carbonyl (C=O) groups is 1. The summed E-state index contributed by atoms with van der Waals surface area (Å²) in [4.78, 5) is 14.0. The van der Waals surface area contributed by atoms with Crippen LogP contribution in [0.25, 0.3) is 0 Å². The average Bonchev–Trinajstić information content (AvgIpc) is 2.79. The number of nitrogens with zero attached hydrogens (tertiary/aromatic N) is 1. The predicted molar refractivity (Wildman–Crippen MR) is 135 cm³/mol. The Morgan fingerprint density at radius 1 is 0.645 bits per heavy atom. The first-order chi connectivity index (χ1) is 15.3. The molecule has 2 rings (SSSR count). The van der Waals surface area contributed by atoms with Gasteiger partial charge in [-0.1, -0.05) is 121 Å². The van der Waals surface area contributed by atoms with E-state index < -0.39 is 0 Å². The minimum absolute atomic E-state index is 0.0718. The zero-order chi connectivity index (χ0) is 22.0. The summed E-state index contributed by atoms with van der Waals surface area (Å²) >= 11 is 0. The lowest BCUT2D eigenvalue weighted by molar-refractivity contribution is -0.111. The predicted octanol–water partition coefficient (Wildman–Crippen LogP) is 8.36. The molecule has 0 radical (unpaired) electrons. The number of hydrogen-bond donors (Lipinski definition) is 0. The zero-order valence-corrected chi connectivity index (χ0v) is 19.7. The first-order valence-electron chi connectivity index (χ1n) is 12.7. The van der Waals surface area contributed by atoms with Gasteiger partial charge in [0.05, 0.1) is 0 Å². The molecule has 0 atom stereocenters. The van der Waals surface area contributed by atoms with E-state index in [4.69, 9.17) is 0 Å². The second-order valence-electron chi connectivity index (χ2n) is 8.84. The molecule has 0 saturated heterocycles. The Balaban J connectivity index is 1.44. The van der Waals surface area contributed by atoms with Crippen molar-refractivity contribution in [2.75, 3.05) is 6.54 Å². The van der Waals surface area contributed by atoms with Crippen molar-refractivity contribution in [3.8, 4) is 0 Å². The second kappa shape index (κ2) is 16.6. The molecule has 0 N–H and O–H groups in total. The molecule has 0 amide bonds. The normalized spacial score (nSPS) is 16.7. The van der Waals surface area contributed by atoms with Gasteiger partial charge in [0, 0.05) is 24.5 Å². The van der Waals surface area contributed by atoms with Crippen molar-refractivity contribution in [2.45, 2.75) is 96.8 Å². The second-order valence-corrected chi connectivity index (χ2v) is 8.84. The van der Waals surface area contributed by atoms with Gasteiger partial charge in [-0.2, -0.15) is 0 Å². The maximum absolute atomic E-state index is 11.8. The van der Waals surface area contributed by atoms with E-state index in [1.807, 2.05) is 24.3 Å². The third-order valence-electron chi connectivity index (χ3n) is 6.06. The number of hydrogen-bond acceptors (Lipinski definition) is 2. The Kier molecular flexibility index (Phi) is 13.5. The van der Waals surface area contributed by atoms with Crippen molar-refractivity contribution in [1.82, 2.24) is 4.90 Å². The molecule has 2 nitrogen and oxygen atoms in total. The van der Waals surface area contributed by atoms with Crippen molar-refractivity contribution < 1.29 is 4.79 Å². The summed E-state index contributed by atoms with van der Waals surface area (Å²) < 4.78 is 0. The Labute approximate surface area is 191 Å². The zero-order valence-electron chi connectivity index (χ0n) is 19.7. The van der Waals surface area contributed by atoms with Crippen LogP contribution in [-0.4, -0.2) is 17.2 Å². The molecule has 0 fully saturated rings. The quantitative estimate of drug-likeness (QED) is 0.184. The third kappa shape index (κ3) is 11.8. The molecule has 0 aromatic carbocycles. The fourth-order valence-electron chi connectivity index (χ4n) is 4.02. The molecular formula is C29H43NO. The largest absolute Gasteiger partial charge is 0.354 e. The fraction of sp³-hybridized carbons (Fsp3) is 0.552. The summed E-state index contributed by atoms with van der Waals surface area (Å²) in [6.45, 7) is 3.37. The Bertz CT molecular complexity index is 674. The van der Waals surface area contributed by atoms with Gasteiger partial charge in [0.2, 0.25) is 0 Å². The van der Waals surface area contributed by atoms with E-state index in [0.717, 1.165) is 17.7 Å². The van der Waals surface area contributed by atoms with Gasteiger partial charge in [-0.3, -0.25) is 4.79 Å². The van der Waals surface area contributed by atoms with Crippen molar-refractivity contribution in [3.63, 3.8) is 0 Å². The van der Waals surface area contributed by atoms with Crippen molar-refractivity contribution in [2.24, 2.45) is 0 Å². The highest BCUT2D eigenvalue weighted by molar-refractivity contribution is 6.07. The lowest BCUT2D eigenvalue weighted by atomic mass is 10.0. The van der Waals surface area contributed by atoms with E-state index >= 15 is 0 Å². The van der Waals surface area contributed by atoms with Crippen LogP contribution in [0.4, 0.5) is 0 Å². The van der Waals surface area contributed by atoms with E-state index in [-0.39, 0.29) is 5.78 Å². The summed E-state index contributed by atoms with van der Waals surface area (Å²) in [5.74, 6) is 0.0718. The Hall–Kier alpha value is -2.09. The molecule has 0 aromatic rings. The highest BCUT2D eigenvalue weighted by atomic mass is 16.1. The van der Waals surface area contributed by atoms with E-state index in [1.54, 1.807) is 12.2 Å². The fourth-order valence-corrected chi connectivity index (χ4v) is 4.02. The molecule has 0 bridgehead atoms. The molecule has 0 saturated carbocycles. The molecule has 1 aliphatic heterocycles. The number of ketones is 1. The first-order valence-corrected chi connectivity index (χ1v) is 12.7. The Morgan fingerprint density at radius 3 is 1.71 bits per heavy atom. The maximum Gasteiger partial charge on any atom is 0.185 e. The number of allylic oxidation sites excluding steroid dienone is 10. The SMILES string of the molecule is CCCCCCCCCCCCCCCCN1C=CC(=CC=C2C=CC=CC2=O)C=C1. The molecule has 1 aliphatic carbocycles. The van der Waals surface area contributed by atoms with Crippen molar-refractivity contribution in [3.05, 3.63) is 72.2 Å². The van der Waals surface area contributed by atoms with Gasteiger partial charge in [0.15, 0.2) is 5.78 Å². The van der Waals surface area contributed by atoms with Crippen LogP contribution in [0, 0.1) is 0 Å². The van der Waals surface area contributed by atoms with Gasteiger partial charge in [-0.05, 0) is 30.2 Å². The average molecular weight is 422 g/mol. The number of carbonyl (C=O) groups excluding carboxylic acids is 1. The molecule has 1 heterocycles. The third-order valence-corrected chi connectivity index (χ3v) is 6.06. The van der Waals surface area contributed by atoms with Gasteiger partial charge in [-0.25, -0.2) is 0 Å². The van der Waals surface area contributed by atoms with Gasteiger partial charge < -0.3 is 4.90 Å². The molecule has 0 spiro atoms. The van der Waals surface area contributed by atoms with Crippen LogP contribution in [-0.2, 0) is 4.79 Å². The summed E-state index contributed by atoms with van der Waals surface area (Å²) in [7, 11) is 0. The molecule has 31 heavy (non-hydrogen) atoms. The molecule has 0 aromatic heterocycles. The molecular weight excluding hydrogens is 378 g/mol. The van der Waals surface area contributed by atoms with Crippen LogP contribution in [0.5, 0.6) is 0 Å². The maximum atomic E-state index is 11.8. The standard InChI is InChI=1S/C29H43NO/c1-2-3-4-5-6-7-8-9-10-11-12-13-14-17-24-30-25-22-27(23-26-30)20-21-28-18-15-16-19-29(28)31/h15-16,18-23,25-26H,2-14,17,24H2,1H3. The van der Waals surface area contributed by atoms with Crippen LogP contribution in [0.2, 0.25) is 0 Å². The van der Waals surface area contributed by atoms with E-state index in [9.17, 15) is 4.79 Å². The van der Waals surface area contributed by atoms with E-state index in [1.165, 1.54) is 89.9 Å². The topological polar surface area (TPSA) is 20.3 Å². The lowest BCUT2D eigenvalue weighted by Crippen LogP contribution is -2.13. The first kappa shape index (κ1) is 25.2. The lowest BCUT2D eigenvalue weighted by Gasteiger charge is -2.18. The van der Waals surface area contributed by atoms with Crippen molar-refractivity contribution >= 4 is 5.78 Å². The Morgan fingerprint density at radius 2 is 1.16 bits per heavy atom. The van der Waals surface area contributed by atoms with Gasteiger partial charge in [-0.15, -0.1) is 0 Å². The number of rotatable bonds is 16. The molecule has 170 valence electrons. The van der Waals surface area contributed by atoms with Gasteiger partial charge in [0.1, 0.15) is 0 Å². The summed E-state index contributed by atoms with van der Waals surface area (Å²) in [5, 5.41) is 0. The van der Waals surface area contributed by atoms with Crippen LogP contribution in [0.3, 0.4) is 0 Å². The molecule has 2 heteroatoms. The van der Waals surface area contributed by atoms with Crippen LogP contribution >= 0.6 is 0 Å². The van der Waals surface area contributed by atoms with Gasteiger partial charge in [0.25, 0.3) is 0 Å². The highest BCUT2D eigenvalue weighted by Gasteiger charge is 2.04. The van der Waals surface area contributed by atoms with E-state index in [2.05, 4.69) is 36.4 Å². The summed E-state index contributed by atoms with van der Waals surface area (Å²) in [6, 6.07) is 0. The van der Waals surface area contributed by atoms with Crippen LogP contribution < -0.4 is 0 Å². The van der Waals surface area contributed by atoms with Crippen LogP contribution in [0.1, 0.15) is 96.8 Å². The summed E-state index contributed by atoms with van der Waals surface area (Å²) in [5.41, 5.74) is 1.86.